The average Bonchev–Trinajstić information content (AvgIpc) is 2.60. The highest BCUT2D eigenvalue weighted by Gasteiger charge is 2.13. The second kappa shape index (κ2) is 8.89. The largest absolute Gasteiger partial charge is 0.307 e. The molecule has 1 atom stereocenters. The van der Waals surface area contributed by atoms with Crippen LogP contribution in [-0.4, -0.2) is 35.0 Å². The third-order valence-electron chi connectivity index (χ3n) is 3.76. The maximum Gasteiger partial charge on any atom is 0.151 e. The molecule has 0 saturated carbocycles. The first-order valence-corrected chi connectivity index (χ1v) is 8.22. The molecule has 0 amide bonds. The summed E-state index contributed by atoms with van der Waals surface area (Å²) in [5.41, 5.74) is 4.01. The summed E-state index contributed by atoms with van der Waals surface area (Å²) < 4.78 is 0. The van der Waals surface area contributed by atoms with Gasteiger partial charge >= 0.3 is 0 Å². The zero-order valence-electron chi connectivity index (χ0n) is 15.1. The number of pyridine rings is 1. The Morgan fingerprint density at radius 2 is 2.08 bits per heavy atom. The van der Waals surface area contributed by atoms with E-state index in [0.717, 1.165) is 28.4 Å². The van der Waals surface area contributed by atoms with Crippen LogP contribution in [0, 0.1) is 0 Å². The molecule has 1 N–H and O–H groups in total. The minimum Gasteiger partial charge on any atom is -0.307 e. The van der Waals surface area contributed by atoms with E-state index in [0.29, 0.717) is 6.54 Å². The number of hydrazone groups is 1. The number of allylic oxidation sites excluding steroid dienone is 4. The van der Waals surface area contributed by atoms with Crippen molar-refractivity contribution in [3.8, 4) is 0 Å². The molecule has 130 valence electrons. The quantitative estimate of drug-likeness (QED) is 0.609. The number of aromatic nitrogens is 1. The molecule has 1 unspecified atom stereocenters. The molecule has 1 aliphatic rings. The number of rotatable bonds is 7. The zero-order valence-corrected chi connectivity index (χ0v) is 15.1. The highest BCUT2D eigenvalue weighted by molar-refractivity contribution is 5.94. The standard InChI is InChI=1S/C20H25N5/c1-15(19-8-11-22-12-9-19)6-7-16(2)23-13-10-20-24-17(3)14-18(4)25(20)21-5/h6-12,14,16,23H,1,5,13H2,2-4H3/b7-6-,20-10+. The minimum absolute atomic E-state index is 0.200. The Kier molecular flexibility index (Phi) is 6.60. The van der Waals surface area contributed by atoms with Gasteiger partial charge in [0, 0.05) is 43.1 Å². The fourth-order valence-electron chi connectivity index (χ4n) is 2.45. The Morgan fingerprint density at radius 1 is 1.36 bits per heavy atom. The molecule has 0 radical (unpaired) electrons. The first-order valence-electron chi connectivity index (χ1n) is 8.22. The summed E-state index contributed by atoms with van der Waals surface area (Å²) in [6, 6.07) is 4.10. The van der Waals surface area contributed by atoms with Gasteiger partial charge in [-0.3, -0.25) is 4.98 Å². The topological polar surface area (TPSA) is 52.9 Å². The van der Waals surface area contributed by atoms with E-state index in [4.69, 9.17) is 0 Å². The van der Waals surface area contributed by atoms with Gasteiger partial charge < -0.3 is 5.32 Å². The average molecular weight is 335 g/mol. The van der Waals surface area contributed by atoms with E-state index in [2.05, 4.69) is 46.7 Å². The van der Waals surface area contributed by atoms with E-state index >= 15 is 0 Å². The van der Waals surface area contributed by atoms with Crippen molar-refractivity contribution < 1.29 is 0 Å². The number of hydrogen-bond donors (Lipinski definition) is 1. The van der Waals surface area contributed by atoms with E-state index in [9.17, 15) is 0 Å². The van der Waals surface area contributed by atoms with Crippen molar-refractivity contribution in [2.45, 2.75) is 26.8 Å². The molecule has 0 bridgehead atoms. The van der Waals surface area contributed by atoms with Crippen molar-refractivity contribution in [1.82, 2.24) is 15.3 Å². The van der Waals surface area contributed by atoms with E-state index in [1.165, 1.54) is 0 Å². The summed E-state index contributed by atoms with van der Waals surface area (Å²) >= 11 is 0. The van der Waals surface area contributed by atoms with Gasteiger partial charge in [-0.2, -0.15) is 5.10 Å². The van der Waals surface area contributed by atoms with Crippen molar-refractivity contribution in [2.24, 2.45) is 10.1 Å². The Balaban J connectivity index is 1.90. The Morgan fingerprint density at radius 3 is 2.76 bits per heavy atom. The molecule has 1 aromatic heterocycles. The fraction of sp³-hybridized carbons (Fsp3) is 0.250. The number of hydrogen-bond acceptors (Lipinski definition) is 5. The summed E-state index contributed by atoms with van der Waals surface area (Å²) in [5.74, 6) is 0.789. The molecule has 0 fully saturated rings. The molecular formula is C20H25N5. The molecular weight excluding hydrogens is 310 g/mol. The van der Waals surface area contributed by atoms with Crippen molar-refractivity contribution in [2.75, 3.05) is 6.54 Å². The monoisotopic (exact) mass is 335 g/mol. The molecule has 2 heterocycles. The summed E-state index contributed by atoms with van der Waals surface area (Å²) in [7, 11) is 0. The highest BCUT2D eigenvalue weighted by Crippen LogP contribution is 2.19. The smallest absolute Gasteiger partial charge is 0.151 e. The van der Waals surface area contributed by atoms with Crippen LogP contribution >= 0.6 is 0 Å². The van der Waals surface area contributed by atoms with Crippen molar-refractivity contribution in [3.05, 3.63) is 72.5 Å². The molecule has 0 aromatic carbocycles. The molecule has 0 saturated heterocycles. The Labute approximate surface area is 149 Å². The molecule has 1 aliphatic heterocycles. The lowest BCUT2D eigenvalue weighted by atomic mass is 10.1. The van der Waals surface area contributed by atoms with Crippen LogP contribution < -0.4 is 5.32 Å². The zero-order chi connectivity index (χ0) is 18.2. The van der Waals surface area contributed by atoms with Gasteiger partial charge in [-0.1, -0.05) is 18.7 Å². The minimum atomic E-state index is 0.200. The molecule has 2 rings (SSSR count). The van der Waals surface area contributed by atoms with Crippen LogP contribution in [0.15, 0.2) is 77.0 Å². The van der Waals surface area contributed by atoms with Gasteiger partial charge in [0.05, 0.1) is 0 Å². The van der Waals surface area contributed by atoms with E-state index in [-0.39, 0.29) is 6.04 Å². The summed E-state index contributed by atoms with van der Waals surface area (Å²) in [4.78, 5) is 8.53. The van der Waals surface area contributed by atoms with Gasteiger partial charge in [0.15, 0.2) is 5.82 Å². The van der Waals surface area contributed by atoms with Crippen LogP contribution in [-0.2, 0) is 0 Å². The molecule has 1 aromatic rings. The van der Waals surface area contributed by atoms with Gasteiger partial charge in [0.1, 0.15) is 0 Å². The van der Waals surface area contributed by atoms with Gasteiger partial charge in [0.2, 0.25) is 0 Å². The molecule has 0 aliphatic carbocycles. The third kappa shape index (κ3) is 5.36. The fourth-order valence-corrected chi connectivity index (χ4v) is 2.45. The van der Waals surface area contributed by atoms with Crippen LogP contribution in [0.4, 0.5) is 0 Å². The normalized spacial score (nSPS) is 17.4. The molecule has 0 spiro atoms. The highest BCUT2D eigenvalue weighted by atomic mass is 15.5. The lowest BCUT2D eigenvalue weighted by Crippen LogP contribution is -2.26. The van der Waals surface area contributed by atoms with Gasteiger partial charge in [-0.25, -0.2) is 10.0 Å². The predicted molar refractivity (Wildman–Crippen MR) is 106 cm³/mol. The van der Waals surface area contributed by atoms with Crippen LogP contribution in [0.1, 0.15) is 26.3 Å². The van der Waals surface area contributed by atoms with Crippen molar-refractivity contribution in [3.63, 3.8) is 0 Å². The van der Waals surface area contributed by atoms with Gasteiger partial charge in [0.25, 0.3) is 0 Å². The predicted octanol–water partition coefficient (Wildman–Crippen LogP) is 3.77. The van der Waals surface area contributed by atoms with E-state index in [1.807, 2.05) is 44.2 Å². The molecule has 5 nitrogen and oxygen atoms in total. The van der Waals surface area contributed by atoms with E-state index in [1.54, 1.807) is 17.4 Å². The van der Waals surface area contributed by atoms with Gasteiger partial charge in [-0.05, 0) is 56.2 Å². The molecule has 5 heteroatoms. The number of nitrogens with one attached hydrogen (secondary N) is 1. The van der Waals surface area contributed by atoms with Crippen LogP contribution in [0.5, 0.6) is 0 Å². The second-order valence-corrected chi connectivity index (χ2v) is 5.87. The Bertz CT molecular complexity index is 741. The lowest BCUT2D eigenvalue weighted by Gasteiger charge is -2.23. The second-order valence-electron chi connectivity index (χ2n) is 5.87. The van der Waals surface area contributed by atoms with Crippen LogP contribution in [0.2, 0.25) is 0 Å². The van der Waals surface area contributed by atoms with Crippen LogP contribution in [0.25, 0.3) is 5.57 Å². The Hall–Kier alpha value is -2.79. The lowest BCUT2D eigenvalue weighted by molar-refractivity contribution is 0.448. The van der Waals surface area contributed by atoms with Crippen LogP contribution in [0.3, 0.4) is 0 Å². The summed E-state index contributed by atoms with van der Waals surface area (Å²) in [5, 5.41) is 9.17. The maximum absolute atomic E-state index is 4.51. The number of aliphatic imine (C=N–C) groups is 1. The summed E-state index contributed by atoms with van der Waals surface area (Å²) in [6.07, 6.45) is 11.6. The van der Waals surface area contributed by atoms with Gasteiger partial charge in [-0.15, -0.1) is 0 Å². The third-order valence-corrected chi connectivity index (χ3v) is 3.76. The first-order chi connectivity index (χ1) is 12.0. The van der Waals surface area contributed by atoms with Crippen molar-refractivity contribution in [1.29, 1.82) is 0 Å². The SMILES string of the molecule is C=NN1C(C)=CC(C)=N/C1=C\CNC(C)/C=C\C(=C)c1ccncc1. The van der Waals surface area contributed by atoms with E-state index < -0.39 is 0 Å². The van der Waals surface area contributed by atoms with Crippen molar-refractivity contribution >= 4 is 18.0 Å². The number of nitrogens with zero attached hydrogens (tertiary/aromatic N) is 4. The maximum atomic E-state index is 4.51. The summed E-state index contributed by atoms with van der Waals surface area (Å²) in [6.45, 7) is 14.4. The first kappa shape index (κ1) is 18.5. The molecule has 25 heavy (non-hydrogen) atoms.